The van der Waals surface area contributed by atoms with E-state index in [-0.39, 0.29) is 6.04 Å². The highest BCUT2D eigenvalue weighted by atomic mass is 14.9. The molecule has 0 radical (unpaired) electrons. The molecule has 4 rings (SSSR count). The number of aromatic nitrogens is 3. The van der Waals surface area contributed by atoms with Crippen molar-refractivity contribution in [2.24, 2.45) is 11.7 Å². The van der Waals surface area contributed by atoms with Gasteiger partial charge in [-0.3, -0.25) is 4.98 Å². The van der Waals surface area contributed by atoms with E-state index in [0.717, 1.165) is 34.4 Å². The standard InChI is InChI=1S/C21H24N4/c1-2-18-17-13-16(14-9-11-23-12-10-14)7-8-19(17)25-21(24-18)20(22)15-5-3-4-6-15/h7-13,15,20H,2-6,22H2,1H3/t20-/m1/s1. The van der Waals surface area contributed by atoms with Crippen LogP contribution in [0.25, 0.3) is 22.0 Å². The Bertz CT molecular complexity index is 870. The lowest BCUT2D eigenvalue weighted by Crippen LogP contribution is -2.22. The van der Waals surface area contributed by atoms with Crippen LogP contribution in [0.4, 0.5) is 0 Å². The van der Waals surface area contributed by atoms with Gasteiger partial charge >= 0.3 is 0 Å². The highest BCUT2D eigenvalue weighted by Gasteiger charge is 2.26. The molecule has 2 heterocycles. The van der Waals surface area contributed by atoms with E-state index in [1.165, 1.54) is 31.2 Å². The summed E-state index contributed by atoms with van der Waals surface area (Å²) < 4.78 is 0. The Morgan fingerprint density at radius 1 is 1.04 bits per heavy atom. The molecule has 1 fully saturated rings. The van der Waals surface area contributed by atoms with Crippen LogP contribution in [-0.4, -0.2) is 15.0 Å². The SMILES string of the molecule is CCc1nc([C@H](N)C2CCCC2)nc2ccc(-c3ccncc3)cc12. The second-order valence-corrected chi connectivity index (χ2v) is 6.92. The molecule has 0 unspecified atom stereocenters. The third-order valence-electron chi connectivity index (χ3n) is 5.35. The molecule has 0 amide bonds. The van der Waals surface area contributed by atoms with Crippen LogP contribution in [0.2, 0.25) is 0 Å². The van der Waals surface area contributed by atoms with E-state index in [4.69, 9.17) is 15.7 Å². The number of rotatable bonds is 4. The van der Waals surface area contributed by atoms with Gasteiger partial charge in [-0.15, -0.1) is 0 Å². The van der Waals surface area contributed by atoms with Crippen molar-refractivity contribution < 1.29 is 0 Å². The molecule has 1 aromatic carbocycles. The molecule has 1 atom stereocenters. The summed E-state index contributed by atoms with van der Waals surface area (Å²) in [5, 5.41) is 1.12. The predicted molar refractivity (Wildman–Crippen MR) is 101 cm³/mol. The van der Waals surface area contributed by atoms with Crippen LogP contribution < -0.4 is 5.73 Å². The summed E-state index contributed by atoms with van der Waals surface area (Å²) in [5.74, 6) is 1.34. The topological polar surface area (TPSA) is 64.7 Å². The number of aryl methyl sites for hydroxylation is 1. The first-order chi connectivity index (χ1) is 12.3. The van der Waals surface area contributed by atoms with Crippen LogP contribution >= 0.6 is 0 Å². The van der Waals surface area contributed by atoms with Crippen molar-refractivity contribution in [3.8, 4) is 11.1 Å². The molecule has 0 bridgehead atoms. The summed E-state index contributed by atoms with van der Waals surface area (Å²) in [4.78, 5) is 13.8. The van der Waals surface area contributed by atoms with E-state index in [1.54, 1.807) is 0 Å². The van der Waals surface area contributed by atoms with Gasteiger partial charge in [0.2, 0.25) is 0 Å². The first-order valence-electron chi connectivity index (χ1n) is 9.23. The minimum atomic E-state index is -0.0444. The lowest BCUT2D eigenvalue weighted by Gasteiger charge is -2.19. The van der Waals surface area contributed by atoms with Gasteiger partial charge in [-0.05, 0) is 60.6 Å². The van der Waals surface area contributed by atoms with Crippen molar-refractivity contribution in [2.45, 2.75) is 45.1 Å². The minimum Gasteiger partial charge on any atom is -0.321 e. The van der Waals surface area contributed by atoms with Crippen molar-refractivity contribution in [2.75, 3.05) is 0 Å². The van der Waals surface area contributed by atoms with Gasteiger partial charge in [0.25, 0.3) is 0 Å². The maximum atomic E-state index is 6.50. The van der Waals surface area contributed by atoms with E-state index >= 15 is 0 Å². The molecule has 1 saturated carbocycles. The summed E-state index contributed by atoms with van der Waals surface area (Å²) in [5.41, 5.74) is 10.9. The van der Waals surface area contributed by atoms with E-state index in [9.17, 15) is 0 Å². The number of hydrogen-bond donors (Lipinski definition) is 1. The lowest BCUT2D eigenvalue weighted by molar-refractivity contribution is 0.428. The van der Waals surface area contributed by atoms with Gasteiger partial charge in [-0.1, -0.05) is 25.8 Å². The van der Waals surface area contributed by atoms with Gasteiger partial charge in [0.15, 0.2) is 0 Å². The molecule has 3 aromatic rings. The van der Waals surface area contributed by atoms with E-state index in [0.29, 0.717) is 5.92 Å². The number of nitrogens with zero attached hydrogens (tertiary/aromatic N) is 3. The molecular formula is C21H24N4. The Labute approximate surface area is 148 Å². The summed E-state index contributed by atoms with van der Waals surface area (Å²) in [6.07, 6.45) is 9.48. The number of hydrogen-bond acceptors (Lipinski definition) is 4. The zero-order valence-corrected chi connectivity index (χ0v) is 14.7. The fourth-order valence-electron chi connectivity index (χ4n) is 3.88. The molecule has 1 aliphatic carbocycles. The number of benzene rings is 1. The monoisotopic (exact) mass is 332 g/mol. The molecule has 4 nitrogen and oxygen atoms in total. The van der Waals surface area contributed by atoms with E-state index in [1.807, 2.05) is 24.5 Å². The molecule has 128 valence electrons. The van der Waals surface area contributed by atoms with Crippen molar-refractivity contribution in [3.05, 3.63) is 54.2 Å². The zero-order valence-electron chi connectivity index (χ0n) is 14.7. The van der Waals surface area contributed by atoms with Gasteiger partial charge in [0, 0.05) is 17.8 Å². The zero-order chi connectivity index (χ0) is 17.2. The summed E-state index contributed by atoms with van der Waals surface area (Å²) in [6, 6.07) is 10.4. The van der Waals surface area contributed by atoms with Crippen molar-refractivity contribution in [1.29, 1.82) is 0 Å². The lowest BCUT2D eigenvalue weighted by atomic mass is 9.97. The Hall–Kier alpha value is -2.33. The predicted octanol–water partition coefficient (Wildman–Crippen LogP) is 4.44. The molecular weight excluding hydrogens is 308 g/mol. The average Bonchev–Trinajstić information content (AvgIpc) is 3.21. The second-order valence-electron chi connectivity index (χ2n) is 6.92. The summed E-state index contributed by atoms with van der Waals surface area (Å²) in [7, 11) is 0. The highest BCUT2D eigenvalue weighted by Crippen LogP contribution is 2.34. The number of nitrogens with two attached hydrogens (primary N) is 1. The van der Waals surface area contributed by atoms with Gasteiger partial charge < -0.3 is 5.73 Å². The quantitative estimate of drug-likeness (QED) is 0.767. The van der Waals surface area contributed by atoms with E-state index < -0.39 is 0 Å². The molecule has 1 aliphatic rings. The normalized spacial score (nSPS) is 16.4. The van der Waals surface area contributed by atoms with Gasteiger partial charge in [0.05, 0.1) is 17.3 Å². The van der Waals surface area contributed by atoms with Crippen LogP contribution in [-0.2, 0) is 6.42 Å². The average molecular weight is 332 g/mol. The largest absolute Gasteiger partial charge is 0.321 e. The number of pyridine rings is 1. The fourth-order valence-corrected chi connectivity index (χ4v) is 3.88. The van der Waals surface area contributed by atoms with Crippen LogP contribution in [0, 0.1) is 5.92 Å². The van der Waals surface area contributed by atoms with Crippen LogP contribution in [0.1, 0.15) is 50.2 Å². The van der Waals surface area contributed by atoms with Gasteiger partial charge in [-0.25, -0.2) is 9.97 Å². The Morgan fingerprint density at radius 3 is 2.52 bits per heavy atom. The van der Waals surface area contributed by atoms with Gasteiger partial charge in [0.1, 0.15) is 5.82 Å². The Morgan fingerprint density at radius 2 is 1.80 bits per heavy atom. The Kier molecular flexibility index (Phi) is 4.45. The molecule has 25 heavy (non-hydrogen) atoms. The maximum absolute atomic E-state index is 6.50. The minimum absolute atomic E-state index is 0.0444. The summed E-state index contributed by atoms with van der Waals surface area (Å²) in [6.45, 7) is 2.14. The molecule has 0 saturated heterocycles. The molecule has 2 N–H and O–H groups in total. The van der Waals surface area contributed by atoms with Crippen LogP contribution in [0.5, 0.6) is 0 Å². The molecule has 2 aromatic heterocycles. The van der Waals surface area contributed by atoms with Crippen LogP contribution in [0.3, 0.4) is 0 Å². The molecule has 4 heteroatoms. The first kappa shape index (κ1) is 16.2. The maximum Gasteiger partial charge on any atom is 0.146 e. The van der Waals surface area contributed by atoms with Crippen molar-refractivity contribution in [3.63, 3.8) is 0 Å². The molecule has 0 spiro atoms. The third-order valence-corrected chi connectivity index (χ3v) is 5.35. The third kappa shape index (κ3) is 3.14. The fraction of sp³-hybridized carbons (Fsp3) is 0.381. The Balaban J connectivity index is 1.77. The second kappa shape index (κ2) is 6.89. The van der Waals surface area contributed by atoms with Crippen molar-refractivity contribution in [1.82, 2.24) is 15.0 Å². The highest BCUT2D eigenvalue weighted by molar-refractivity contribution is 5.86. The smallest absolute Gasteiger partial charge is 0.146 e. The number of fused-ring (bicyclic) bond motifs is 1. The first-order valence-corrected chi connectivity index (χ1v) is 9.23. The van der Waals surface area contributed by atoms with E-state index in [2.05, 4.69) is 30.1 Å². The summed E-state index contributed by atoms with van der Waals surface area (Å²) >= 11 is 0. The van der Waals surface area contributed by atoms with Crippen LogP contribution in [0.15, 0.2) is 42.7 Å². The molecule has 0 aliphatic heterocycles. The van der Waals surface area contributed by atoms with Crippen molar-refractivity contribution >= 4 is 10.9 Å². The van der Waals surface area contributed by atoms with Gasteiger partial charge in [-0.2, -0.15) is 0 Å².